The quantitative estimate of drug-likeness (QED) is 0.227. The molecule has 0 radical (unpaired) electrons. The highest BCUT2D eigenvalue weighted by atomic mass is 16.6. The fourth-order valence-electron chi connectivity index (χ4n) is 3.38. The summed E-state index contributed by atoms with van der Waals surface area (Å²) in [7, 11) is 2.40. The molecule has 194 valence electrons. The Kier molecular flexibility index (Phi) is 8.45. The number of hydrogen-bond acceptors (Lipinski definition) is 10. The Hall–Kier alpha value is -4.99. The molecule has 0 aliphatic rings. The van der Waals surface area contributed by atoms with Crippen LogP contribution in [0.5, 0.6) is 11.6 Å². The Morgan fingerprint density at radius 2 is 1.45 bits per heavy atom. The van der Waals surface area contributed by atoms with E-state index in [2.05, 4.69) is 19.4 Å². The van der Waals surface area contributed by atoms with Crippen molar-refractivity contribution in [3.8, 4) is 23.0 Å². The molecule has 0 aliphatic carbocycles. The van der Waals surface area contributed by atoms with E-state index in [1.807, 2.05) is 60.7 Å². The summed E-state index contributed by atoms with van der Waals surface area (Å²) < 4.78 is 25.3. The van der Waals surface area contributed by atoms with Gasteiger partial charge in [0.25, 0.3) is 0 Å². The number of aromatic nitrogens is 2. The first kappa shape index (κ1) is 26.1. The van der Waals surface area contributed by atoms with Crippen molar-refractivity contribution >= 4 is 28.7 Å². The standard InChI is InChI=1S/C28H24N2O8/c1-34-25(31)16-37-24-14-23(28(33)38-17-26(32)35-2)29-27(30-24)21-9-8-20-13-22(11-10-19(20)12-21)36-15-18-6-4-3-5-7-18/h3-14H,15-17H2,1-2H3. The van der Waals surface area contributed by atoms with E-state index in [1.54, 1.807) is 6.07 Å². The van der Waals surface area contributed by atoms with Crippen LogP contribution < -0.4 is 9.47 Å². The van der Waals surface area contributed by atoms with Crippen LogP contribution in [0.25, 0.3) is 22.2 Å². The average molecular weight is 517 g/mol. The minimum Gasteiger partial charge on any atom is -0.489 e. The number of rotatable bonds is 10. The Morgan fingerprint density at radius 1 is 0.737 bits per heavy atom. The molecule has 0 saturated heterocycles. The third kappa shape index (κ3) is 6.82. The Balaban J connectivity index is 1.59. The van der Waals surface area contributed by atoms with Crippen LogP contribution in [0.2, 0.25) is 0 Å². The number of methoxy groups -OCH3 is 2. The number of esters is 3. The van der Waals surface area contributed by atoms with Crippen molar-refractivity contribution in [3.63, 3.8) is 0 Å². The second kappa shape index (κ2) is 12.3. The number of carbonyl (C=O) groups is 3. The predicted octanol–water partition coefficient (Wildman–Crippen LogP) is 3.76. The first-order valence-corrected chi connectivity index (χ1v) is 11.5. The van der Waals surface area contributed by atoms with E-state index in [0.29, 0.717) is 12.2 Å². The Labute approximate surface area is 218 Å². The molecule has 10 heteroatoms. The second-order valence-corrected chi connectivity index (χ2v) is 7.93. The summed E-state index contributed by atoms with van der Waals surface area (Å²) in [5, 5.41) is 1.81. The molecule has 0 aliphatic heterocycles. The molecular weight excluding hydrogens is 492 g/mol. The number of benzene rings is 3. The van der Waals surface area contributed by atoms with Crippen molar-refractivity contribution in [2.24, 2.45) is 0 Å². The van der Waals surface area contributed by atoms with Crippen LogP contribution in [-0.2, 0) is 30.4 Å². The lowest BCUT2D eigenvalue weighted by Gasteiger charge is -2.10. The van der Waals surface area contributed by atoms with Gasteiger partial charge in [-0.2, -0.15) is 4.98 Å². The SMILES string of the molecule is COC(=O)COC(=O)c1cc(OCC(=O)OC)nc(-c2ccc3cc(OCc4ccccc4)ccc3c2)n1. The normalized spacial score (nSPS) is 10.5. The lowest BCUT2D eigenvalue weighted by molar-refractivity contribution is -0.144. The molecule has 0 bridgehead atoms. The molecule has 10 nitrogen and oxygen atoms in total. The van der Waals surface area contributed by atoms with Gasteiger partial charge in [0, 0.05) is 11.6 Å². The zero-order valence-corrected chi connectivity index (χ0v) is 20.7. The van der Waals surface area contributed by atoms with Crippen molar-refractivity contribution in [2.45, 2.75) is 6.61 Å². The maximum atomic E-state index is 12.5. The van der Waals surface area contributed by atoms with E-state index in [1.165, 1.54) is 20.3 Å². The molecule has 0 saturated carbocycles. The van der Waals surface area contributed by atoms with Gasteiger partial charge in [0.05, 0.1) is 14.2 Å². The zero-order valence-electron chi connectivity index (χ0n) is 20.7. The van der Waals surface area contributed by atoms with Gasteiger partial charge in [-0.25, -0.2) is 19.4 Å². The van der Waals surface area contributed by atoms with Crippen molar-refractivity contribution in [2.75, 3.05) is 27.4 Å². The maximum absolute atomic E-state index is 12.5. The molecule has 3 aromatic carbocycles. The number of carbonyl (C=O) groups excluding carboxylic acids is 3. The number of ether oxygens (including phenoxy) is 5. The number of hydrogen-bond donors (Lipinski definition) is 0. The molecule has 0 atom stereocenters. The minimum atomic E-state index is -0.886. The van der Waals surface area contributed by atoms with Crippen molar-refractivity contribution in [1.82, 2.24) is 9.97 Å². The number of nitrogens with zero attached hydrogens (tertiary/aromatic N) is 2. The summed E-state index contributed by atoms with van der Waals surface area (Å²) in [4.78, 5) is 44.0. The molecule has 0 amide bonds. The molecule has 4 rings (SSSR count). The van der Waals surface area contributed by atoms with E-state index < -0.39 is 31.1 Å². The average Bonchev–Trinajstić information content (AvgIpc) is 2.97. The lowest BCUT2D eigenvalue weighted by atomic mass is 10.1. The molecule has 38 heavy (non-hydrogen) atoms. The third-order valence-corrected chi connectivity index (χ3v) is 5.34. The van der Waals surface area contributed by atoms with Crippen molar-refractivity contribution in [3.05, 3.63) is 84.1 Å². The molecule has 0 fully saturated rings. The monoisotopic (exact) mass is 516 g/mol. The van der Waals surface area contributed by atoms with Gasteiger partial charge in [0.15, 0.2) is 24.7 Å². The highest BCUT2D eigenvalue weighted by molar-refractivity contribution is 5.91. The second-order valence-electron chi connectivity index (χ2n) is 7.93. The van der Waals surface area contributed by atoms with E-state index in [4.69, 9.17) is 14.2 Å². The van der Waals surface area contributed by atoms with Crippen LogP contribution >= 0.6 is 0 Å². The predicted molar refractivity (Wildman–Crippen MR) is 136 cm³/mol. The summed E-state index contributed by atoms with van der Waals surface area (Å²) in [6, 6.07) is 22.3. The van der Waals surface area contributed by atoms with Gasteiger partial charge in [-0.3, -0.25) is 0 Å². The van der Waals surface area contributed by atoms with Gasteiger partial charge in [-0.15, -0.1) is 0 Å². The van der Waals surface area contributed by atoms with Crippen LogP contribution in [-0.4, -0.2) is 55.3 Å². The van der Waals surface area contributed by atoms with E-state index in [0.717, 1.165) is 22.1 Å². The summed E-state index contributed by atoms with van der Waals surface area (Å²) >= 11 is 0. The van der Waals surface area contributed by atoms with Gasteiger partial charge < -0.3 is 23.7 Å². The first-order valence-electron chi connectivity index (χ1n) is 11.5. The van der Waals surface area contributed by atoms with Crippen LogP contribution in [0.3, 0.4) is 0 Å². The highest BCUT2D eigenvalue weighted by Crippen LogP contribution is 2.27. The molecule has 1 heterocycles. The van der Waals surface area contributed by atoms with Crippen molar-refractivity contribution in [1.29, 1.82) is 0 Å². The van der Waals surface area contributed by atoms with Crippen LogP contribution in [0.1, 0.15) is 16.1 Å². The molecule has 0 unspecified atom stereocenters. The topological polar surface area (TPSA) is 123 Å². The summed E-state index contributed by atoms with van der Waals surface area (Å²) in [5.74, 6) is -1.41. The van der Waals surface area contributed by atoms with E-state index in [-0.39, 0.29) is 17.4 Å². The van der Waals surface area contributed by atoms with Gasteiger partial charge in [-0.1, -0.05) is 48.5 Å². The van der Waals surface area contributed by atoms with Gasteiger partial charge in [0.1, 0.15) is 12.4 Å². The summed E-state index contributed by atoms with van der Waals surface area (Å²) in [6.07, 6.45) is 0. The first-order chi connectivity index (χ1) is 18.4. The van der Waals surface area contributed by atoms with Crippen LogP contribution in [0.15, 0.2) is 72.8 Å². The molecular formula is C28H24N2O8. The number of fused-ring (bicyclic) bond motifs is 1. The van der Waals surface area contributed by atoms with Crippen LogP contribution in [0, 0.1) is 0 Å². The highest BCUT2D eigenvalue weighted by Gasteiger charge is 2.18. The largest absolute Gasteiger partial charge is 0.489 e. The van der Waals surface area contributed by atoms with E-state index in [9.17, 15) is 14.4 Å². The van der Waals surface area contributed by atoms with E-state index >= 15 is 0 Å². The van der Waals surface area contributed by atoms with Gasteiger partial charge in [-0.05, 0) is 34.5 Å². The van der Waals surface area contributed by atoms with Crippen molar-refractivity contribution < 1.29 is 38.1 Å². The Bertz CT molecular complexity index is 1460. The minimum absolute atomic E-state index is 0.0461. The van der Waals surface area contributed by atoms with Crippen LogP contribution in [0.4, 0.5) is 0 Å². The summed E-state index contributed by atoms with van der Waals surface area (Å²) in [5.41, 5.74) is 1.49. The van der Waals surface area contributed by atoms with Gasteiger partial charge >= 0.3 is 17.9 Å². The fourth-order valence-corrected chi connectivity index (χ4v) is 3.38. The lowest BCUT2D eigenvalue weighted by Crippen LogP contribution is -2.17. The summed E-state index contributed by atoms with van der Waals surface area (Å²) in [6.45, 7) is -0.559. The third-order valence-electron chi connectivity index (χ3n) is 5.34. The zero-order chi connectivity index (χ0) is 26.9. The molecule has 0 spiro atoms. The maximum Gasteiger partial charge on any atom is 0.357 e. The molecule has 0 N–H and O–H groups in total. The smallest absolute Gasteiger partial charge is 0.357 e. The van der Waals surface area contributed by atoms with Gasteiger partial charge in [0.2, 0.25) is 5.88 Å². The molecule has 1 aromatic heterocycles. The molecule has 4 aromatic rings. The fraction of sp³-hybridized carbons (Fsp3) is 0.179. The Morgan fingerprint density at radius 3 is 2.21 bits per heavy atom.